The third-order valence-electron chi connectivity index (χ3n) is 5.87. The van der Waals surface area contributed by atoms with Gasteiger partial charge >= 0.3 is 0 Å². The molecule has 3 rings (SSSR count). The maximum Gasteiger partial charge on any atom is 0.229 e. The molecule has 0 saturated heterocycles. The number of carbonyl (C=O) groups excluding carboxylic acids is 1. The summed E-state index contributed by atoms with van der Waals surface area (Å²) in [6, 6.07) is 0. The third kappa shape index (κ3) is 5.09. The number of hydrogen-bond donors (Lipinski definition) is 1. The number of fused-ring (bicyclic) bond motifs is 1. The zero-order chi connectivity index (χ0) is 19.4. The fourth-order valence-corrected chi connectivity index (χ4v) is 6.23. The van der Waals surface area contributed by atoms with Crippen molar-refractivity contribution >= 4 is 32.4 Å². The minimum atomic E-state index is -3.18. The van der Waals surface area contributed by atoms with Crippen LogP contribution in [0.15, 0.2) is 0 Å². The summed E-state index contributed by atoms with van der Waals surface area (Å²) in [6.45, 7) is 4.74. The van der Waals surface area contributed by atoms with Crippen LogP contribution in [0.3, 0.4) is 0 Å². The van der Waals surface area contributed by atoms with Gasteiger partial charge in [0.25, 0.3) is 0 Å². The Labute approximate surface area is 166 Å². The van der Waals surface area contributed by atoms with Gasteiger partial charge in [-0.2, -0.15) is 4.31 Å². The van der Waals surface area contributed by atoms with Crippen LogP contribution in [0.2, 0.25) is 0 Å². The summed E-state index contributed by atoms with van der Waals surface area (Å²) in [7, 11) is -3.18. The molecule has 6 nitrogen and oxygen atoms in total. The first kappa shape index (κ1) is 20.7. The first-order chi connectivity index (χ1) is 12.9. The van der Waals surface area contributed by atoms with Gasteiger partial charge in [0.2, 0.25) is 15.9 Å². The number of aromatic nitrogens is 1. The first-order valence-corrected chi connectivity index (χ1v) is 12.6. The zero-order valence-electron chi connectivity index (χ0n) is 16.4. The second kappa shape index (κ2) is 9.01. The molecule has 0 bridgehead atoms. The molecular weight excluding hydrogens is 382 g/mol. The van der Waals surface area contributed by atoms with E-state index in [1.54, 1.807) is 6.92 Å². The van der Waals surface area contributed by atoms with Crippen LogP contribution >= 0.6 is 11.3 Å². The second-order valence-electron chi connectivity index (χ2n) is 7.72. The molecule has 1 aliphatic heterocycles. The van der Waals surface area contributed by atoms with Gasteiger partial charge in [-0.15, -0.1) is 11.3 Å². The monoisotopic (exact) mass is 413 g/mol. The van der Waals surface area contributed by atoms with Crippen molar-refractivity contribution in [1.82, 2.24) is 9.29 Å². The van der Waals surface area contributed by atoms with Crippen LogP contribution in [0.5, 0.6) is 0 Å². The number of nitrogens with zero attached hydrogens (tertiary/aromatic N) is 2. The molecule has 8 heteroatoms. The van der Waals surface area contributed by atoms with Gasteiger partial charge in [-0.1, -0.05) is 26.2 Å². The molecule has 0 radical (unpaired) electrons. The van der Waals surface area contributed by atoms with Crippen molar-refractivity contribution in [3.63, 3.8) is 0 Å². The summed E-state index contributed by atoms with van der Waals surface area (Å²) in [5.74, 6) is 1.06. The quantitative estimate of drug-likeness (QED) is 0.738. The Morgan fingerprint density at radius 1 is 1.26 bits per heavy atom. The number of nitrogens with one attached hydrogen (secondary N) is 1. The molecule has 1 saturated carbocycles. The Bertz CT molecular complexity index is 752. The molecule has 2 heterocycles. The van der Waals surface area contributed by atoms with Crippen molar-refractivity contribution in [3.05, 3.63) is 10.6 Å². The number of sulfonamides is 1. The van der Waals surface area contributed by atoms with Crippen LogP contribution in [0.4, 0.5) is 5.13 Å². The summed E-state index contributed by atoms with van der Waals surface area (Å²) in [6.07, 6.45) is 8.67. The molecule has 1 aromatic heterocycles. The molecule has 27 heavy (non-hydrogen) atoms. The molecule has 0 aromatic carbocycles. The Balaban J connectivity index is 1.55. The lowest BCUT2D eigenvalue weighted by atomic mass is 9.79. The van der Waals surface area contributed by atoms with E-state index in [9.17, 15) is 13.2 Å². The minimum absolute atomic E-state index is 0.0769. The summed E-state index contributed by atoms with van der Waals surface area (Å²) in [4.78, 5) is 18.1. The van der Waals surface area contributed by atoms with Gasteiger partial charge in [-0.25, -0.2) is 13.4 Å². The van der Waals surface area contributed by atoms with E-state index < -0.39 is 10.0 Å². The van der Waals surface area contributed by atoms with E-state index in [0.717, 1.165) is 42.2 Å². The van der Waals surface area contributed by atoms with Crippen LogP contribution in [0.25, 0.3) is 0 Å². The van der Waals surface area contributed by atoms with Gasteiger partial charge in [0.05, 0.1) is 11.4 Å². The van der Waals surface area contributed by atoms with E-state index in [1.165, 1.54) is 34.9 Å². The summed E-state index contributed by atoms with van der Waals surface area (Å²) < 4.78 is 25.7. The van der Waals surface area contributed by atoms with Crippen LogP contribution < -0.4 is 5.32 Å². The minimum Gasteiger partial charge on any atom is -0.302 e. The lowest BCUT2D eigenvalue weighted by molar-refractivity contribution is -0.121. The van der Waals surface area contributed by atoms with Crippen molar-refractivity contribution in [1.29, 1.82) is 0 Å². The highest BCUT2D eigenvalue weighted by Gasteiger charge is 2.30. The maximum absolute atomic E-state index is 12.6. The second-order valence-corrected chi connectivity index (χ2v) is 11.1. The molecule has 1 N–H and O–H groups in total. The molecule has 1 aliphatic carbocycles. The summed E-state index contributed by atoms with van der Waals surface area (Å²) >= 11 is 1.42. The molecule has 0 atom stereocenters. The number of hydrogen-bond acceptors (Lipinski definition) is 5. The smallest absolute Gasteiger partial charge is 0.229 e. The summed E-state index contributed by atoms with van der Waals surface area (Å²) in [5.41, 5.74) is 0.932. The molecule has 152 valence electrons. The standard InChI is InChI=1S/C19H31N3O3S2/c1-3-5-6-14-7-9-15(10-8-14)18(23)21-19-20-16-11-12-22(13-17(16)26-19)27(24,25)4-2/h14-15H,3-13H2,1-2H3,(H,20,21,23). The van der Waals surface area contributed by atoms with Gasteiger partial charge in [-0.3, -0.25) is 4.79 Å². The van der Waals surface area contributed by atoms with Gasteiger partial charge in [0, 0.05) is 30.3 Å². The number of thiazole rings is 1. The highest BCUT2D eigenvalue weighted by Crippen LogP contribution is 2.34. The molecule has 1 aromatic rings. The molecule has 0 unspecified atom stereocenters. The van der Waals surface area contributed by atoms with E-state index in [-0.39, 0.29) is 17.6 Å². The van der Waals surface area contributed by atoms with Gasteiger partial charge in [0.1, 0.15) is 0 Å². The largest absolute Gasteiger partial charge is 0.302 e. The Kier molecular flexibility index (Phi) is 6.92. The van der Waals surface area contributed by atoms with Gasteiger partial charge in [-0.05, 0) is 38.5 Å². The fraction of sp³-hybridized carbons (Fsp3) is 0.789. The van der Waals surface area contributed by atoms with Crippen molar-refractivity contribution in [3.8, 4) is 0 Å². The van der Waals surface area contributed by atoms with Crippen molar-refractivity contribution in [2.24, 2.45) is 11.8 Å². The van der Waals surface area contributed by atoms with E-state index in [4.69, 9.17) is 0 Å². The van der Waals surface area contributed by atoms with E-state index >= 15 is 0 Å². The third-order valence-corrected chi connectivity index (χ3v) is 8.69. The predicted octanol–water partition coefficient (Wildman–Crippen LogP) is 3.79. The van der Waals surface area contributed by atoms with Gasteiger partial charge in [0.15, 0.2) is 5.13 Å². The highest BCUT2D eigenvalue weighted by molar-refractivity contribution is 7.89. The Morgan fingerprint density at radius 2 is 2.00 bits per heavy atom. The SMILES string of the molecule is CCCCC1CCC(C(=O)Nc2nc3c(s2)CN(S(=O)(=O)CC)CC3)CC1. The van der Waals surface area contributed by atoms with Crippen LogP contribution in [-0.4, -0.2) is 35.9 Å². The Hall–Kier alpha value is -0.990. The number of anilines is 1. The van der Waals surface area contributed by atoms with Crippen molar-refractivity contribution in [2.45, 2.75) is 71.8 Å². The zero-order valence-corrected chi connectivity index (χ0v) is 18.0. The predicted molar refractivity (Wildman–Crippen MR) is 109 cm³/mol. The van der Waals surface area contributed by atoms with Gasteiger partial charge < -0.3 is 5.32 Å². The maximum atomic E-state index is 12.6. The highest BCUT2D eigenvalue weighted by atomic mass is 32.2. The average Bonchev–Trinajstić information content (AvgIpc) is 3.08. The molecule has 1 fully saturated rings. The van der Waals surface area contributed by atoms with Crippen LogP contribution in [0, 0.1) is 11.8 Å². The van der Waals surface area contributed by atoms with E-state index in [0.29, 0.717) is 24.6 Å². The fourth-order valence-electron chi connectivity index (χ4n) is 4.06. The summed E-state index contributed by atoms with van der Waals surface area (Å²) in [5, 5.41) is 3.61. The molecule has 2 aliphatic rings. The van der Waals surface area contributed by atoms with E-state index in [2.05, 4.69) is 17.2 Å². The average molecular weight is 414 g/mol. The van der Waals surface area contributed by atoms with E-state index in [1.807, 2.05) is 0 Å². The normalized spacial score (nSPS) is 23.8. The first-order valence-electron chi connectivity index (χ1n) is 10.2. The lowest BCUT2D eigenvalue weighted by Gasteiger charge is -2.27. The van der Waals surface area contributed by atoms with Crippen LogP contribution in [0.1, 0.15) is 69.4 Å². The topological polar surface area (TPSA) is 79.4 Å². The number of rotatable bonds is 7. The van der Waals surface area contributed by atoms with Crippen LogP contribution in [-0.2, 0) is 27.8 Å². The van der Waals surface area contributed by atoms with Crippen molar-refractivity contribution < 1.29 is 13.2 Å². The number of amides is 1. The molecular formula is C19H31N3O3S2. The number of carbonyl (C=O) groups is 1. The lowest BCUT2D eigenvalue weighted by Crippen LogP contribution is -2.36. The Morgan fingerprint density at radius 3 is 2.67 bits per heavy atom. The molecule has 0 spiro atoms. The van der Waals surface area contributed by atoms with Crippen molar-refractivity contribution in [2.75, 3.05) is 17.6 Å². The molecule has 1 amide bonds. The number of unbranched alkanes of at least 4 members (excludes halogenated alkanes) is 1.